The quantitative estimate of drug-likeness (QED) is 0.538. The minimum absolute atomic E-state index is 0.415. The van der Waals surface area contributed by atoms with Gasteiger partial charge < -0.3 is 0 Å². The van der Waals surface area contributed by atoms with Gasteiger partial charge in [0.05, 0.1) is 0 Å². The fourth-order valence-corrected chi connectivity index (χ4v) is 1.39. The van der Waals surface area contributed by atoms with Crippen LogP contribution in [0.2, 0.25) is 0 Å². The van der Waals surface area contributed by atoms with Crippen molar-refractivity contribution in [1.29, 1.82) is 0 Å². The second-order valence-electron chi connectivity index (χ2n) is 3.35. The zero-order valence-electron chi connectivity index (χ0n) is 7.51. The van der Waals surface area contributed by atoms with Crippen LogP contribution in [0, 0.1) is 0 Å². The first-order valence-corrected chi connectivity index (χ1v) is 4.65. The van der Waals surface area contributed by atoms with E-state index in [2.05, 4.69) is 18.7 Å². The van der Waals surface area contributed by atoms with E-state index < -0.39 is 0 Å². The summed E-state index contributed by atoms with van der Waals surface area (Å²) in [5, 5.41) is 0. The van der Waals surface area contributed by atoms with Gasteiger partial charge in [-0.25, -0.2) is 0 Å². The Morgan fingerprint density at radius 1 is 1.17 bits per heavy atom. The van der Waals surface area contributed by atoms with Crippen LogP contribution in [-0.2, 0) is 4.79 Å². The first-order valence-electron chi connectivity index (χ1n) is 4.65. The number of hydrogen-bond acceptors (Lipinski definition) is 1. The molecule has 0 aromatic carbocycles. The summed E-state index contributed by atoms with van der Waals surface area (Å²) >= 11 is 0. The molecule has 1 aliphatic carbocycles. The zero-order chi connectivity index (χ0) is 8.81. The maximum Gasteiger partial charge on any atom is 0.132 e. The predicted molar refractivity (Wildman–Crippen MR) is 51.0 cm³/mol. The third-order valence-corrected chi connectivity index (χ3v) is 2.13. The molecule has 0 saturated carbocycles. The van der Waals surface area contributed by atoms with Crippen LogP contribution in [0.3, 0.4) is 0 Å². The molecule has 0 aromatic rings. The van der Waals surface area contributed by atoms with Gasteiger partial charge in [-0.1, -0.05) is 24.3 Å². The third-order valence-electron chi connectivity index (χ3n) is 2.13. The summed E-state index contributed by atoms with van der Waals surface area (Å²) in [6.07, 6.45) is 9.69. The van der Waals surface area contributed by atoms with Gasteiger partial charge >= 0.3 is 0 Å². The van der Waals surface area contributed by atoms with Gasteiger partial charge in [-0.15, -0.1) is 0 Å². The summed E-state index contributed by atoms with van der Waals surface area (Å²) in [6, 6.07) is 0. The lowest BCUT2D eigenvalue weighted by Gasteiger charge is -2.03. The Bertz CT molecular complexity index is 201. The number of rotatable bonds is 0. The molecule has 0 amide bonds. The molecule has 0 spiro atoms. The monoisotopic (exact) mass is 164 g/mol. The van der Waals surface area contributed by atoms with Crippen molar-refractivity contribution >= 4 is 5.78 Å². The van der Waals surface area contributed by atoms with Crippen LogP contribution in [0.15, 0.2) is 24.3 Å². The fourth-order valence-electron chi connectivity index (χ4n) is 1.39. The van der Waals surface area contributed by atoms with E-state index in [1.54, 1.807) is 0 Å². The Morgan fingerprint density at radius 2 is 1.92 bits per heavy atom. The van der Waals surface area contributed by atoms with Crippen LogP contribution in [-0.4, -0.2) is 5.78 Å². The second-order valence-corrected chi connectivity index (χ2v) is 3.35. The highest BCUT2D eigenvalue weighted by Gasteiger charge is 2.02. The lowest BCUT2D eigenvalue weighted by atomic mass is 10.0. The maximum atomic E-state index is 11.2. The molecule has 0 bridgehead atoms. The first kappa shape index (κ1) is 9.24. The van der Waals surface area contributed by atoms with Gasteiger partial charge in [0.25, 0.3) is 0 Å². The SMILES string of the molecule is C=C1C=CCCCC(=O)CCC1. The second kappa shape index (κ2) is 4.91. The van der Waals surface area contributed by atoms with Gasteiger partial charge in [0, 0.05) is 12.8 Å². The maximum absolute atomic E-state index is 11.2. The van der Waals surface area contributed by atoms with Crippen molar-refractivity contribution in [3.05, 3.63) is 24.3 Å². The molecule has 0 aliphatic heterocycles. The summed E-state index contributed by atoms with van der Waals surface area (Å²) in [5.41, 5.74) is 1.16. The lowest BCUT2D eigenvalue weighted by molar-refractivity contribution is -0.119. The van der Waals surface area contributed by atoms with Gasteiger partial charge in [-0.2, -0.15) is 0 Å². The van der Waals surface area contributed by atoms with Gasteiger partial charge in [0.15, 0.2) is 0 Å². The van der Waals surface area contributed by atoms with E-state index in [9.17, 15) is 4.79 Å². The van der Waals surface area contributed by atoms with Crippen molar-refractivity contribution in [3.8, 4) is 0 Å². The van der Waals surface area contributed by atoms with Crippen LogP contribution in [0.5, 0.6) is 0 Å². The Morgan fingerprint density at radius 3 is 2.75 bits per heavy atom. The third kappa shape index (κ3) is 3.51. The first-order chi connectivity index (χ1) is 5.79. The number of carbonyl (C=O) groups is 1. The molecule has 1 aliphatic rings. The van der Waals surface area contributed by atoms with Crippen LogP contribution >= 0.6 is 0 Å². The molecular formula is C11H16O. The van der Waals surface area contributed by atoms with Gasteiger partial charge in [0.1, 0.15) is 5.78 Å². The summed E-state index contributed by atoms with van der Waals surface area (Å²) in [5.74, 6) is 0.415. The van der Waals surface area contributed by atoms with Gasteiger partial charge in [-0.05, 0) is 25.7 Å². The van der Waals surface area contributed by atoms with Crippen LogP contribution < -0.4 is 0 Å². The Kier molecular flexibility index (Phi) is 3.78. The number of carbonyl (C=O) groups excluding carboxylic acids is 1. The average Bonchev–Trinajstić information content (AvgIpc) is 2.04. The normalized spacial score (nSPS) is 21.0. The average molecular weight is 164 g/mol. The summed E-state index contributed by atoms with van der Waals surface area (Å²) < 4.78 is 0. The summed E-state index contributed by atoms with van der Waals surface area (Å²) in [4.78, 5) is 11.2. The summed E-state index contributed by atoms with van der Waals surface area (Å²) in [7, 11) is 0. The van der Waals surface area contributed by atoms with Crippen LogP contribution in [0.1, 0.15) is 38.5 Å². The van der Waals surface area contributed by atoms with E-state index in [1.807, 2.05) is 0 Å². The van der Waals surface area contributed by atoms with Crippen LogP contribution in [0.25, 0.3) is 0 Å². The highest BCUT2D eigenvalue weighted by atomic mass is 16.1. The number of allylic oxidation sites excluding steroid dienone is 3. The van der Waals surface area contributed by atoms with Crippen molar-refractivity contribution in [1.82, 2.24) is 0 Å². The van der Waals surface area contributed by atoms with E-state index >= 15 is 0 Å². The molecule has 12 heavy (non-hydrogen) atoms. The fraction of sp³-hybridized carbons (Fsp3) is 0.545. The Balaban J connectivity index is 2.44. The number of ketones is 1. The van der Waals surface area contributed by atoms with Crippen LogP contribution in [0.4, 0.5) is 0 Å². The Labute approximate surface area is 74.2 Å². The smallest absolute Gasteiger partial charge is 0.132 e. The molecule has 0 radical (unpaired) electrons. The standard InChI is InChI=1S/C11H16O/c1-10-6-3-2-4-8-11(12)9-5-7-10/h3,6H,1-2,4-5,7-9H2. The van der Waals surface area contributed by atoms with Crippen molar-refractivity contribution in [2.75, 3.05) is 0 Å². The number of Topliss-reactive ketones (excluding diaryl/α,β-unsaturated/α-hetero) is 1. The molecule has 66 valence electrons. The van der Waals surface area contributed by atoms with E-state index in [-0.39, 0.29) is 0 Å². The topological polar surface area (TPSA) is 17.1 Å². The van der Waals surface area contributed by atoms with E-state index in [0.717, 1.165) is 44.1 Å². The van der Waals surface area contributed by atoms with Crippen molar-refractivity contribution in [2.24, 2.45) is 0 Å². The van der Waals surface area contributed by atoms with Crippen molar-refractivity contribution in [2.45, 2.75) is 38.5 Å². The largest absolute Gasteiger partial charge is 0.300 e. The molecule has 0 saturated heterocycles. The van der Waals surface area contributed by atoms with E-state index in [0.29, 0.717) is 5.78 Å². The highest BCUT2D eigenvalue weighted by molar-refractivity contribution is 5.78. The van der Waals surface area contributed by atoms with Gasteiger partial charge in [-0.3, -0.25) is 4.79 Å². The zero-order valence-corrected chi connectivity index (χ0v) is 7.51. The van der Waals surface area contributed by atoms with Gasteiger partial charge in [0.2, 0.25) is 0 Å². The predicted octanol–water partition coefficient (Wildman–Crippen LogP) is 3.02. The molecule has 1 rings (SSSR count). The summed E-state index contributed by atoms with van der Waals surface area (Å²) in [6.45, 7) is 3.92. The molecule has 1 nitrogen and oxygen atoms in total. The molecule has 0 atom stereocenters. The minimum atomic E-state index is 0.415. The van der Waals surface area contributed by atoms with Crippen molar-refractivity contribution < 1.29 is 4.79 Å². The molecule has 0 aromatic heterocycles. The minimum Gasteiger partial charge on any atom is -0.300 e. The van der Waals surface area contributed by atoms with E-state index in [1.165, 1.54) is 0 Å². The van der Waals surface area contributed by atoms with Crippen molar-refractivity contribution in [3.63, 3.8) is 0 Å². The Hall–Kier alpha value is -0.850. The molecular weight excluding hydrogens is 148 g/mol. The molecule has 0 unspecified atom stereocenters. The molecule has 0 heterocycles. The lowest BCUT2D eigenvalue weighted by Crippen LogP contribution is -1.98. The molecule has 0 fully saturated rings. The molecule has 1 heteroatoms. The molecule has 0 N–H and O–H groups in total. The number of hydrogen-bond donors (Lipinski definition) is 0. The highest BCUT2D eigenvalue weighted by Crippen LogP contribution is 2.12. The van der Waals surface area contributed by atoms with E-state index in [4.69, 9.17) is 0 Å².